The maximum Gasteiger partial charge on any atom is 0.227 e. The maximum absolute atomic E-state index is 13.0. The molecule has 0 radical (unpaired) electrons. The number of piperidine rings is 1. The lowest BCUT2D eigenvalue weighted by Gasteiger charge is -2.27. The number of anilines is 1. The van der Waals surface area contributed by atoms with E-state index in [1.165, 1.54) is 12.1 Å². The van der Waals surface area contributed by atoms with Crippen LogP contribution in [-0.2, 0) is 4.79 Å². The van der Waals surface area contributed by atoms with Gasteiger partial charge in [0.05, 0.1) is 0 Å². The topological polar surface area (TPSA) is 41.1 Å². The Labute approximate surface area is 100 Å². The van der Waals surface area contributed by atoms with Crippen LogP contribution in [0.5, 0.6) is 0 Å². The third-order valence-corrected chi connectivity index (χ3v) is 3.09. The quantitative estimate of drug-likeness (QED) is 0.826. The van der Waals surface area contributed by atoms with Crippen LogP contribution in [-0.4, -0.2) is 18.5 Å². The Balaban J connectivity index is 1.96. The van der Waals surface area contributed by atoms with Crippen LogP contribution in [0.2, 0.25) is 0 Å². The molecule has 1 aliphatic rings. The zero-order valence-corrected chi connectivity index (χ0v) is 9.87. The Morgan fingerprint density at radius 3 is 3.06 bits per heavy atom. The monoisotopic (exact) mass is 236 g/mol. The molecule has 17 heavy (non-hydrogen) atoms. The number of hydrogen-bond acceptors (Lipinski definition) is 2. The van der Waals surface area contributed by atoms with E-state index in [1.54, 1.807) is 12.1 Å². The second-order valence-electron chi connectivity index (χ2n) is 4.58. The highest BCUT2D eigenvalue weighted by atomic mass is 19.1. The first-order valence-corrected chi connectivity index (χ1v) is 5.95. The summed E-state index contributed by atoms with van der Waals surface area (Å²) in [4.78, 5) is 12.0. The van der Waals surface area contributed by atoms with Crippen molar-refractivity contribution in [3.63, 3.8) is 0 Å². The smallest absolute Gasteiger partial charge is 0.227 e. The molecule has 1 amide bonds. The van der Waals surface area contributed by atoms with Crippen LogP contribution in [0.15, 0.2) is 24.3 Å². The Hall–Kier alpha value is -1.42. The predicted octanol–water partition coefficient (Wildman–Crippen LogP) is 2.15. The summed E-state index contributed by atoms with van der Waals surface area (Å²) >= 11 is 0. The number of amides is 1. The van der Waals surface area contributed by atoms with E-state index in [0.717, 1.165) is 19.4 Å². The molecule has 2 N–H and O–H groups in total. The van der Waals surface area contributed by atoms with Gasteiger partial charge in [0, 0.05) is 17.6 Å². The summed E-state index contributed by atoms with van der Waals surface area (Å²) in [7, 11) is 0. The Morgan fingerprint density at radius 1 is 1.53 bits per heavy atom. The van der Waals surface area contributed by atoms with Gasteiger partial charge in [-0.15, -0.1) is 0 Å². The van der Waals surface area contributed by atoms with Crippen LogP contribution >= 0.6 is 0 Å². The molecular weight excluding hydrogens is 219 g/mol. The van der Waals surface area contributed by atoms with Crippen LogP contribution in [0, 0.1) is 11.7 Å². The van der Waals surface area contributed by atoms with Crippen molar-refractivity contribution in [2.45, 2.75) is 25.8 Å². The molecule has 1 aliphatic heterocycles. The minimum Gasteiger partial charge on any atom is -0.326 e. The van der Waals surface area contributed by atoms with E-state index in [-0.39, 0.29) is 17.6 Å². The molecule has 0 aromatic heterocycles. The molecule has 0 aliphatic carbocycles. The number of nitrogens with one attached hydrogen (secondary N) is 2. The molecular formula is C13H17FN2O. The first-order valence-electron chi connectivity index (χ1n) is 5.95. The van der Waals surface area contributed by atoms with Gasteiger partial charge in [-0.25, -0.2) is 4.39 Å². The summed E-state index contributed by atoms with van der Waals surface area (Å²) in [5.74, 6) is -0.319. The number of hydrogen-bond donors (Lipinski definition) is 2. The molecule has 1 aromatic rings. The molecule has 1 aromatic carbocycles. The minimum atomic E-state index is -0.332. The highest BCUT2D eigenvalue weighted by Gasteiger charge is 2.24. The van der Waals surface area contributed by atoms with E-state index in [1.807, 2.05) is 0 Å². The molecule has 0 spiro atoms. The summed E-state index contributed by atoms with van der Waals surface area (Å²) in [6.07, 6.45) is 1.67. The molecule has 1 saturated heterocycles. The number of rotatable bonds is 2. The van der Waals surface area contributed by atoms with Gasteiger partial charge in [-0.2, -0.15) is 0 Å². The largest absolute Gasteiger partial charge is 0.326 e. The molecule has 1 heterocycles. The van der Waals surface area contributed by atoms with Crippen molar-refractivity contribution in [3.05, 3.63) is 30.1 Å². The standard InChI is InChI=1S/C13H17FN2O/c1-9-7-10(5-6-15-9)13(17)16-12-4-2-3-11(14)8-12/h2-4,8-10,15H,5-7H2,1H3,(H,16,17)/t9-,10-/m0/s1. The van der Waals surface area contributed by atoms with Gasteiger partial charge in [-0.05, 0) is 44.5 Å². The lowest BCUT2D eigenvalue weighted by Crippen LogP contribution is -2.40. The lowest BCUT2D eigenvalue weighted by atomic mass is 9.92. The fourth-order valence-electron chi connectivity index (χ4n) is 2.18. The Morgan fingerprint density at radius 2 is 2.35 bits per heavy atom. The fraction of sp³-hybridized carbons (Fsp3) is 0.462. The van der Waals surface area contributed by atoms with Crippen LogP contribution < -0.4 is 10.6 Å². The van der Waals surface area contributed by atoms with Crippen molar-refractivity contribution in [3.8, 4) is 0 Å². The molecule has 3 nitrogen and oxygen atoms in total. The molecule has 0 unspecified atom stereocenters. The van der Waals surface area contributed by atoms with Crippen LogP contribution in [0.1, 0.15) is 19.8 Å². The Kier molecular flexibility index (Phi) is 3.74. The van der Waals surface area contributed by atoms with Crippen molar-refractivity contribution in [2.75, 3.05) is 11.9 Å². The van der Waals surface area contributed by atoms with Gasteiger partial charge in [-0.1, -0.05) is 6.07 Å². The highest BCUT2D eigenvalue weighted by Crippen LogP contribution is 2.18. The fourth-order valence-corrected chi connectivity index (χ4v) is 2.18. The summed E-state index contributed by atoms with van der Waals surface area (Å²) < 4.78 is 13.0. The minimum absolute atomic E-state index is 0.0102. The number of carbonyl (C=O) groups is 1. The highest BCUT2D eigenvalue weighted by molar-refractivity contribution is 5.92. The zero-order chi connectivity index (χ0) is 12.3. The zero-order valence-electron chi connectivity index (χ0n) is 9.87. The van der Waals surface area contributed by atoms with E-state index in [0.29, 0.717) is 11.7 Å². The molecule has 0 saturated carbocycles. The average molecular weight is 236 g/mol. The number of halogens is 1. The molecule has 0 bridgehead atoms. The predicted molar refractivity (Wildman–Crippen MR) is 65.2 cm³/mol. The first-order chi connectivity index (χ1) is 8.15. The second kappa shape index (κ2) is 5.27. The summed E-state index contributed by atoms with van der Waals surface area (Å²) in [5.41, 5.74) is 0.529. The lowest BCUT2D eigenvalue weighted by molar-refractivity contribution is -0.120. The van der Waals surface area contributed by atoms with Crippen LogP contribution in [0.3, 0.4) is 0 Å². The van der Waals surface area contributed by atoms with E-state index < -0.39 is 0 Å². The van der Waals surface area contributed by atoms with E-state index in [2.05, 4.69) is 17.6 Å². The average Bonchev–Trinajstić information content (AvgIpc) is 2.29. The summed E-state index contributed by atoms with van der Waals surface area (Å²) in [6.45, 7) is 2.93. The second-order valence-corrected chi connectivity index (χ2v) is 4.58. The van der Waals surface area contributed by atoms with Crippen LogP contribution in [0.4, 0.5) is 10.1 Å². The van der Waals surface area contributed by atoms with Gasteiger partial charge in [-0.3, -0.25) is 4.79 Å². The summed E-state index contributed by atoms with van der Waals surface area (Å²) in [6, 6.07) is 6.36. The van der Waals surface area contributed by atoms with Crippen molar-refractivity contribution in [1.29, 1.82) is 0 Å². The Bertz CT molecular complexity index is 408. The molecule has 1 fully saturated rings. The summed E-state index contributed by atoms with van der Waals surface area (Å²) in [5, 5.41) is 6.07. The molecule has 2 rings (SSSR count). The van der Waals surface area contributed by atoms with Crippen molar-refractivity contribution < 1.29 is 9.18 Å². The number of carbonyl (C=O) groups excluding carboxylic acids is 1. The van der Waals surface area contributed by atoms with Crippen molar-refractivity contribution in [1.82, 2.24) is 5.32 Å². The van der Waals surface area contributed by atoms with Gasteiger partial charge in [0.1, 0.15) is 5.82 Å². The molecule has 4 heteroatoms. The van der Waals surface area contributed by atoms with Gasteiger partial charge in [0.25, 0.3) is 0 Å². The third-order valence-electron chi connectivity index (χ3n) is 3.09. The van der Waals surface area contributed by atoms with Crippen LogP contribution in [0.25, 0.3) is 0 Å². The maximum atomic E-state index is 13.0. The number of benzene rings is 1. The van der Waals surface area contributed by atoms with Crippen molar-refractivity contribution in [2.24, 2.45) is 5.92 Å². The van der Waals surface area contributed by atoms with Gasteiger partial charge < -0.3 is 10.6 Å². The molecule has 2 atom stereocenters. The van der Waals surface area contributed by atoms with E-state index in [9.17, 15) is 9.18 Å². The van der Waals surface area contributed by atoms with Crippen molar-refractivity contribution >= 4 is 11.6 Å². The normalized spacial score (nSPS) is 24.4. The first kappa shape index (κ1) is 12.0. The molecule has 92 valence electrons. The van der Waals surface area contributed by atoms with E-state index >= 15 is 0 Å². The van der Waals surface area contributed by atoms with Gasteiger partial charge in [0.2, 0.25) is 5.91 Å². The van der Waals surface area contributed by atoms with Gasteiger partial charge in [0.15, 0.2) is 0 Å². The SMILES string of the molecule is C[C@H]1C[C@@H](C(=O)Nc2cccc(F)c2)CCN1. The van der Waals surface area contributed by atoms with E-state index in [4.69, 9.17) is 0 Å². The third kappa shape index (κ3) is 3.27. The van der Waals surface area contributed by atoms with Gasteiger partial charge >= 0.3 is 0 Å².